The fourth-order valence-corrected chi connectivity index (χ4v) is 2.08. The number of alkyl halides is 3. The minimum Gasteiger partial charge on any atom is -0.327 e. The van der Waals surface area contributed by atoms with Crippen molar-refractivity contribution < 1.29 is 13.2 Å². The molecule has 2 N–H and O–H groups in total. The van der Waals surface area contributed by atoms with Gasteiger partial charge in [-0.25, -0.2) is 4.98 Å². The van der Waals surface area contributed by atoms with Crippen LogP contribution in [0.1, 0.15) is 37.1 Å². The molecule has 2 nitrogen and oxygen atoms in total. The lowest BCUT2D eigenvalue weighted by Gasteiger charge is -2.26. The zero-order chi connectivity index (χ0) is 13.3. The minimum atomic E-state index is -4.34. The maximum absolute atomic E-state index is 12.3. The van der Waals surface area contributed by atoms with Crippen LogP contribution in [-0.2, 0) is 12.6 Å². The molecule has 0 saturated carbocycles. The van der Waals surface area contributed by atoms with Crippen molar-refractivity contribution in [2.45, 2.75) is 45.8 Å². The van der Waals surface area contributed by atoms with E-state index >= 15 is 0 Å². The number of thiazole rings is 1. The lowest BCUT2D eigenvalue weighted by molar-refractivity contribution is -0.137. The van der Waals surface area contributed by atoms with Crippen molar-refractivity contribution in [1.82, 2.24) is 4.98 Å². The van der Waals surface area contributed by atoms with E-state index < -0.39 is 11.2 Å². The van der Waals surface area contributed by atoms with Crippen LogP contribution in [-0.4, -0.2) is 11.0 Å². The highest BCUT2D eigenvalue weighted by atomic mass is 32.1. The van der Waals surface area contributed by atoms with Gasteiger partial charge < -0.3 is 5.73 Å². The van der Waals surface area contributed by atoms with Gasteiger partial charge in [0.25, 0.3) is 0 Å². The summed E-state index contributed by atoms with van der Waals surface area (Å²) in [6.45, 7) is 6.06. The maximum Gasteiger partial charge on any atom is 0.443 e. The van der Waals surface area contributed by atoms with Crippen molar-refractivity contribution >= 4 is 11.3 Å². The largest absolute Gasteiger partial charge is 0.443 e. The highest BCUT2D eigenvalue weighted by molar-refractivity contribution is 7.11. The Morgan fingerprint density at radius 2 is 1.94 bits per heavy atom. The molecule has 1 rings (SSSR count). The first kappa shape index (κ1) is 14.4. The number of nitrogens with zero attached hydrogens (tertiary/aromatic N) is 1. The molecular weight excluding hydrogens is 249 g/mol. The van der Waals surface area contributed by atoms with Crippen molar-refractivity contribution in [1.29, 1.82) is 0 Å². The van der Waals surface area contributed by atoms with Crippen LogP contribution >= 0.6 is 11.3 Å². The summed E-state index contributed by atoms with van der Waals surface area (Å²) in [6.07, 6.45) is -1.83. The molecule has 0 spiro atoms. The Labute approximate surface area is 103 Å². The monoisotopic (exact) mass is 266 g/mol. The van der Waals surface area contributed by atoms with E-state index in [1.54, 1.807) is 0 Å². The van der Waals surface area contributed by atoms with Crippen LogP contribution in [0.25, 0.3) is 0 Å². The quantitative estimate of drug-likeness (QED) is 0.909. The molecule has 0 radical (unpaired) electrons. The second kappa shape index (κ2) is 4.94. The number of halogens is 3. The van der Waals surface area contributed by atoms with E-state index in [0.717, 1.165) is 0 Å². The van der Waals surface area contributed by atoms with Crippen LogP contribution < -0.4 is 5.73 Å². The molecule has 98 valence electrons. The SMILES string of the molecule is CC(C)(C)C(N)CCc1cnc(C(F)(F)F)s1. The summed E-state index contributed by atoms with van der Waals surface area (Å²) < 4.78 is 36.9. The predicted octanol–water partition coefficient (Wildman–Crippen LogP) is 3.47. The molecule has 17 heavy (non-hydrogen) atoms. The molecule has 6 heteroatoms. The van der Waals surface area contributed by atoms with E-state index in [9.17, 15) is 13.2 Å². The van der Waals surface area contributed by atoms with Crippen LogP contribution in [0.2, 0.25) is 0 Å². The molecule has 0 aromatic carbocycles. The Hall–Kier alpha value is -0.620. The third-order valence-corrected chi connectivity index (χ3v) is 3.71. The summed E-state index contributed by atoms with van der Waals surface area (Å²) in [4.78, 5) is 4.02. The van der Waals surface area contributed by atoms with Crippen molar-refractivity contribution in [3.05, 3.63) is 16.1 Å². The Morgan fingerprint density at radius 1 is 1.35 bits per heavy atom. The molecule has 1 unspecified atom stereocenters. The predicted molar refractivity (Wildman–Crippen MR) is 62.9 cm³/mol. The lowest BCUT2D eigenvalue weighted by Crippen LogP contribution is -2.35. The molecule has 0 aliphatic rings. The second-order valence-electron chi connectivity index (χ2n) is 5.14. The first-order valence-electron chi connectivity index (χ1n) is 5.38. The first-order valence-corrected chi connectivity index (χ1v) is 6.20. The van der Waals surface area contributed by atoms with Gasteiger partial charge in [-0.2, -0.15) is 13.2 Å². The van der Waals surface area contributed by atoms with Crippen molar-refractivity contribution in [2.75, 3.05) is 0 Å². The lowest BCUT2D eigenvalue weighted by atomic mass is 9.85. The van der Waals surface area contributed by atoms with Crippen LogP contribution in [0, 0.1) is 5.41 Å². The molecule has 1 heterocycles. The van der Waals surface area contributed by atoms with Gasteiger partial charge in [0.2, 0.25) is 0 Å². The van der Waals surface area contributed by atoms with Gasteiger partial charge in [-0.05, 0) is 18.3 Å². The highest BCUT2D eigenvalue weighted by Gasteiger charge is 2.34. The number of rotatable bonds is 3. The Morgan fingerprint density at radius 3 is 2.35 bits per heavy atom. The second-order valence-corrected chi connectivity index (χ2v) is 6.26. The van der Waals surface area contributed by atoms with Gasteiger partial charge in [0.05, 0.1) is 0 Å². The molecule has 0 aliphatic heterocycles. The fraction of sp³-hybridized carbons (Fsp3) is 0.727. The summed E-state index contributed by atoms with van der Waals surface area (Å²) in [5, 5.41) is -0.781. The van der Waals surface area contributed by atoms with E-state index in [1.807, 2.05) is 20.8 Å². The summed E-state index contributed by atoms with van der Waals surface area (Å²) in [7, 11) is 0. The van der Waals surface area contributed by atoms with E-state index in [4.69, 9.17) is 5.73 Å². The van der Waals surface area contributed by atoms with Crippen LogP contribution in [0.4, 0.5) is 13.2 Å². The molecule has 0 saturated heterocycles. The summed E-state index contributed by atoms with van der Waals surface area (Å²) >= 11 is 0.701. The van der Waals surface area contributed by atoms with Gasteiger partial charge in [-0.15, -0.1) is 11.3 Å². The summed E-state index contributed by atoms with van der Waals surface area (Å²) in [6, 6.07) is -0.0288. The molecule has 1 atom stereocenters. The number of nitrogens with two attached hydrogens (primary N) is 1. The van der Waals surface area contributed by atoms with E-state index in [0.29, 0.717) is 29.1 Å². The van der Waals surface area contributed by atoms with E-state index in [-0.39, 0.29) is 11.5 Å². The van der Waals surface area contributed by atoms with Gasteiger partial charge in [0.15, 0.2) is 5.01 Å². The molecule has 0 fully saturated rings. The summed E-state index contributed by atoms with van der Waals surface area (Å²) in [5.74, 6) is 0. The molecule has 1 aromatic heterocycles. The van der Waals surface area contributed by atoms with Gasteiger partial charge in [0, 0.05) is 17.1 Å². The molecule has 0 amide bonds. The molecule has 0 aliphatic carbocycles. The third-order valence-electron chi connectivity index (χ3n) is 2.61. The molecular formula is C11H17F3N2S. The van der Waals surface area contributed by atoms with Crippen LogP contribution in [0.5, 0.6) is 0 Å². The summed E-state index contributed by atoms with van der Waals surface area (Å²) in [5.41, 5.74) is 5.92. The average Bonchev–Trinajstić information content (AvgIpc) is 2.59. The maximum atomic E-state index is 12.3. The first-order chi connectivity index (χ1) is 7.60. The smallest absolute Gasteiger partial charge is 0.327 e. The van der Waals surface area contributed by atoms with Gasteiger partial charge in [-0.3, -0.25) is 0 Å². The van der Waals surface area contributed by atoms with E-state index in [1.165, 1.54) is 6.20 Å². The van der Waals surface area contributed by atoms with Crippen molar-refractivity contribution in [3.63, 3.8) is 0 Å². The van der Waals surface area contributed by atoms with E-state index in [2.05, 4.69) is 4.98 Å². The van der Waals surface area contributed by atoms with Gasteiger partial charge in [-0.1, -0.05) is 20.8 Å². The van der Waals surface area contributed by atoms with Crippen molar-refractivity contribution in [2.24, 2.45) is 11.1 Å². The Kier molecular flexibility index (Phi) is 4.19. The number of hydrogen-bond donors (Lipinski definition) is 1. The van der Waals surface area contributed by atoms with Gasteiger partial charge >= 0.3 is 6.18 Å². The van der Waals surface area contributed by atoms with Gasteiger partial charge in [0.1, 0.15) is 0 Å². The minimum absolute atomic E-state index is 0.0288. The Balaban J connectivity index is 2.57. The molecule has 0 bridgehead atoms. The standard InChI is InChI=1S/C11H17F3N2S/c1-10(2,3)8(15)5-4-7-6-16-9(17-7)11(12,13)14/h6,8H,4-5,15H2,1-3H3. The number of aryl methyl sites for hydroxylation is 1. The third kappa shape index (κ3) is 4.27. The Bertz CT molecular complexity index is 366. The van der Waals surface area contributed by atoms with Crippen LogP contribution in [0.3, 0.4) is 0 Å². The number of hydrogen-bond acceptors (Lipinski definition) is 3. The zero-order valence-corrected chi connectivity index (χ0v) is 11.0. The zero-order valence-electron chi connectivity index (χ0n) is 10.1. The van der Waals surface area contributed by atoms with Crippen molar-refractivity contribution in [3.8, 4) is 0 Å². The molecule has 1 aromatic rings. The fourth-order valence-electron chi connectivity index (χ4n) is 1.28. The normalized spacial score (nSPS) is 15.0. The highest BCUT2D eigenvalue weighted by Crippen LogP contribution is 2.33. The van der Waals surface area contributed by atoms with Crippen LogP contribution in [0.15, 0.2) is 6.20 Å². The average molecular weight is 266 g/mol. The topological polar surface area (TPSA) is 38.9 Å². The number of aromatic nitrogens is 1.